The van der Waals surface area contributed by atoms with E-state index in [0.717, 1.165) is 26.2 Å². The molecule has 1 fully saturated rings. The smallest absolute Gasteiger partial charge is 0.274 e. The number of rotatable bonds is 6. The number of carbonyl (C=O) groups is 1. The molecule has 0 bridgehead atoms. The maximum atomic E-state index is 12.3. The molecule has 0 radical (unpaired) electrons. The summed E-state index contributed by atoms with van der Waals surface area (Å²) in [5.74, 6) is -0.121. The van der Waals surface area contributed by atoms with Crippen molar-refractivity contribution in [1.82, 2.24) is 4.90 Å². The van der Waals surface area contributed by atoms with Gasteiger partial charge in [-0.1, -0.05) is 24.3 Å². The molecule has 0 spiro atoms. The van der Waals surface area contributed by atoms with Gasteiger partial charge in [0.15, 0.2) is 0 Å². The summed E-state index contributed by atoms with van der Waals surface area (Å²) in [6, 6.07) is 15.1. The second kappa shape index (κ2) is 8.64. The quantitative estimate of drug-likeness (QED) is 0.626. The summed E-state index contributed by atoms with van der Waals surface area (Å²) in [4.78, 5) is 27.5. The molecule has 1 N–H and O–H groups in total. The fraction of sp³-hybridized carbons (Fsp3) is 0.350. The van der Waals surface area contributed by atoms with Crippen molar-refractivity contribution in [3.05, 3.63) is 64.2 Å². The van der Waals surface area contributed by atoms with E-state index < -0.39 is 4.92 Å². The Morgan fingerprint density at radius 3 is 2.44 bits per heavy atom. The van der Waals surface area contributed by atoms with Crippen LogP contribution in [0.1, 0.15) is 12.0 Å². The Kier molecular flexibility index (Phi) is 6.03. The number of para-hydroxylation sites is 1. The summed E-state index contributed by atoms with van der Waals surface area (Å²) in [5, 5.41) is 13.8. The highest BCUT2D eigenvalue weighted by atomic mass is 16.6. The van der Waals surface area contributed by atoms with Crippen LogP contribution < -0.4 is 10.2 Å². The lowest BCUT2D eigenvalue weighted by atomic mass is 10.1. The second-order valence-corrected chi connectivity index (χ2v) is 6.67. The Balaban J connectivity index is 1.47. The normalized spacial score (nSPS) is 14.8. The Morgan fingerprint density at radius 1 is 1.07 bits per heavy atom. The zero-order chi connectivity index (χ0) is 19.2. The van der Waals surface area contributed by atoms with Crippen LogP contribution in [0.2, 0.25) is 0 Å². The molecule has 27 heavy (non-hydrogen) atoms. The van der Waals surface area contributed by atoms with Crippen LogP contribution in [0.4, 0.5) is 17.1 Å². The predicted octanol–water partition coefficient (Wildman–Crippen LogP) is 3.05. The third kappa shape index (κ3) is 4.83. The van der Waals surface area contributed by atoms with E-state index in [4.69, 9.17) is 0 Å². The third-order valence-corrected chi connectivity index (χ3v) is 4.92. The minimum atomic E-state index is -0.433. The molecule has 1 aliphatic heterocycles. The Labute approximate surface area is 158 Å². The van der Waals surface area contributed by atoms with Gasteiger partial charge in [0, 0.05) is 50.9 Å². The summed E-state index contributed by atoms with van der Waals surface area (Å²) < 4.78 is 0. The van der Waals surface area contributed by atoms with Gasteiger partial charge in [-0.2, -0.15) is 0 Å². The number of carbonyl (C=O) groups excluding carboxylic acids is 1. The van der Waals surface area contributed by atoms with E-state index in [2.05, 4.69) is 27.2 Å². The molecule has 3 rings (SSSR count). The zero-order valence-corrected chi connectivity index (χ0v) is 15.4. The maximum Gasteiger partial charge on any atom is 0.274 e. The first-order valence-electron chi connectivity index (χ1n) is 9.11. The summed E-state index contributed by atoms with van der Waals surface area (Å²) in [6.45, 7) is 6.04. The van der Waals surface area contributed by atoms with Gasteiger partial charge in [-0.3, -0.25) is 19.8 Å². The Bertz CT molecular complexity index is 802. The molecular weight excluding hydrogens is 344 g/mol. The van der Waals surface area contributed by atoms with Crippen LogP contribution in [0, 0.1) is 17.0 Å². The van der Waals surface area contributed by atoms with Gasteiger partial charge in [0.05, 0.1) is 16.2 Å². The summed E-state index contributed by atoms with van der Waals surface area (Å²) in [6.07, 6.45) is 0.369. The molecule has 142 valence electrons. The van der Waals surface area contributed by atoms with E-state index in [1.165, 1.54) is 11.8 Å². The van der Waals surface area contributed by atoms with E-state index in [1.807, 2.05) is 18.2 Å². The largest absolute Gasteiger partial charge is 0.369 e. The molecule has 1 heterocycles. The van der Waals surface area contributed by atoms with E-state index in [0.29, 0.717) is 24.2 Å². The van der Waals surface area contributed by atoms with Crippen molar-refractivity contribution in [3.63, 3.8) is 0 Å². The van der Waals surface area contributed by atoms with Gasteiger partial charge in [-0.25, -0.2) is 0 Å². The highest BCUT2D eigenvalue weighted by Gasteiger charge is 2.19. The van der Waals surface area contributed by atoms with Crippen molar-refractivity contribution in [2.24, 2.45) is 0 Å². The van der Waals surface area contributed by atoms with Crippen LogP contribution in [-0.2, 0) is 4.79 Å². The first kappa shape index (κ1) is 18.8. The topological polar surface area (TPSA) is 78.7 Å². The molecule has 7 heteroatoms. The molecule has 0 atom stereocenters. The van der Waals surface area contributed by atoms with Gasteiger partial charge in [-0.15, -0.1) is 0 Å². The average molecular weight is 368 g/mol. The number of anilines is 2. The molecule has 2 aromatic rings. The number of piperazine rings is 1. The van der Waals surface area contributed by atoms with E-state index in [-0.39, 0.29) is 11.6 Å². The van der Waals surface area contributed by atoms with Crippen molar-refractivity contribution in [1.29, 1.82) is 0 Å². The number of nitrogens with one attached hydrogen (secondary N) is 1. The van der Waals surface area contributed by atoms with Crippen molar-refractivity contribution in [2.75, 3.05) is 42.9 Å². The molecule has 0 aromatic heterocycles. The number of hydrogen-bond donors (Lipinski definition) is 1. The number of benzene rings is 2. The zero-order valence-electron chi connectivity index (χ0n) is 15.4. The van der Waals surface area contributed by atoms with Crippen molar-refractivity contribution in [2.45, 2.75) is 13.3 Å². The van der Waals surface area contributed by atoms with Crippen LogP contribution in [0.3, 0.4) is 0 Å². The van der Waals surface area contributed by atoms with E-state index in [1.54, 1.807) is 19.1 Å². The molecule has 0 unspecified atom stereocenters. The van der Waals surface area contributed by atoms with Crippen LogP contribution >= 0.6 is 0 Å². The molecule has 1 aliphatic rings. The molecule has 0 saturated carbocycles. The second-order valence-electron chi connectivity index (χ2n) is 6.67. The highest BCUT2D eigenvalue weighted by molar-refractivity contribution is 5.92. The number of nitro benzene ring substituents is 1. The number of nitro groups is 1. The monoisotopic (exact) mass is 368 g/mol. The number of hydrogen-bond acceptors (Lipinski definition) is 5. The van der Waals surface area contributed by atoms with Gasteiger partial charge < -0.3 is 10.2 Å². The minimum absolute atomic E-state index is 0.0184. The van der Waals surface area contributed by atoms with Crippen LogP contribution in [0.15, 0.2) is 48.5 Å². The lowest BCUT2D eigenvalue weighted by Gasteiger charge is -2.36. The average Bonchev–Trinajstić information content (AvgIpc) is 2.69. The van der Waals surface area contributed by atoms with Gasteiger partial charge in [0.2, 0.25) is 5.91 Å². The molecule has 7 nitrogen and oxygen atoms in total. The van der Waals surface area contributed by atoms with Crippen LogP contribution in [0.5, 0.6) is 0 Å². The van der Waals surface area contributed by atoms with Crippen LogP contribution in [-0.4, -0.2) is 48.5 Å². The molecule has 1 amide bonds. The summed E-state index contributed by atoms with van der Waals surface area (Å²) in [7, 11) is 0. The molecular formula is C20H24N4O3. The van der Waals surface area contributed by atoms with Gasteiger partial charge in [0.1, 0.15) is 0 Å². The SMILES string of the molecule is Cc1c(NC(=O)CCN2CCN(c3ccccc3)CC2)cccc1[N+](=O)[O-]. The minimum Gasteiger partial charge on any atom is -0.369 e. The molecule has 2 aromatic carbocycles. The summed E-state index contributed by atoms with van der Waals surface area (Å²) in [5.41, 5.74) is 2.23. The third-order valence-electron chi connectivity index (χ3n) is 4.92. The lowest BCUT2D eigenvalue weighted by Crippen LogP contribution is -2.47. The fourth-order valence-electron chi connectivity index (χ4n) is 3.30. The summed E-state index contributed by atoms with van der Waals surface area (Å²) >= 11 is 0. The van der Waals surface area contributed by atoms with Crippen molar-refractivity contribution >= 4 is 23.0 Å². The predicted molar refractivity (Wildman–Crippen MR) is 106 cm³/mol. The number of nitrogens with zero attached hydrogens (tertiary/aromatic N) is 3. The van der Waals surface area contributed by atoms with Crippen molar-refractivity contribution < 1.29 is 9.72 Å². The van der Waals surface area contributed by atoms with E-state index in [9.17, 15) is 14.9 Å². The van der Waals surface area contributed by atoms with Gasteiger partial charge in [-0.05, 0) is 25.1 Å². The maximum absolute atomic E-state index is 12.3. The lowest BCUT2D eigenvalue weighted by molar-refractivity contribution is -0.385. The first-order chi connectivity index (χ1) is 13.0. The standard InChI is InChI=1S/C20H24N4O3/c1-16-18(8-5-9-19(16)24(26)27)21-20(25)10-11-22-12-14-23(15-13-22)17-6-3-2-4-7-17/h2-9H,10-15H2,1H3,(H,21,25). The molecule has 0 aliphatic carbocycles. The Hall–Kier alpha value is -2.93. The van der Waals surface area contributed by atoms with E-state index >= 15 is 0 Å². The molecule has 1 saturated heterocycles. The van der Waals surface area contributed by atoms with Crippen molar-refractivity contribution in [3.8, 4) is 0 Å². The Morgan fingerprint density at radius 2 is 1.78 bits per heavy atom. The highest BCUT2D eigenvalue weighted by Crippen LogP contribution is 2.25. The number of amides is 1. The van der Waals surface area contributed by atoms with Gasteiger partial charge >= 0.3 is 0 Å². The van der Waals surface area contributed by atoms with Gasteiger partial charge in [0.25, 0.3) is 5.69 Å². The van der Waals surface area contributed by atoms with Crippen LogP contribution in [0.25, 0.3) is 0 Å². The fourth-order valence-corrected chi connectivity index (χ4v) is 3.30. The first-order valence-corrected chi connectivity index (χ1v) is 9.11.